The molecule has 0 amide bonds. The number of hydrogen-bond donors (Lipinski definition) is 0. The topological polar surface area (TPSA) is 30.2 Å². The van der Waals surface area contributed by atoms with Crippen molar-refractivity contribution in [3.63, 3.8) is 0 Å². The molecule has 0 saturated heterocycles. The molecule has 0 unspecified atom stereocenters. The number of carbonyl (C=O) groups is 1. The molecular formula is C13H13BrO2. The van der Waals surface area contributed by atoms with E-state index in [4.69, 9.17) is 4.42 Å². The number of para-hydroxylation sites is 1. The lowest BCUT2D eigenvalue weighted by Crippen LogP contribution is -1.95. The highest BCUT2D eigenvalue weighted by Crippen LogP contribution is 2.27. The third kappa shape index (κ3) is 2.19. The van der Waals surface area contributed by atoms with Crippen molar-refractivity contribution in [2.45, 2.75) is 26.2 Å². The molecule has 0 atom stereocenters. The summed E-state index contributed by atoms with van der Waals surface area (Å²) in [4.78, 5) is 11.8. The van der Waals surface area contributed by atoms with Gasteiger partial charge in [0, 0.05) is 11.8 Å². The van der Waals surface area contributed by atoms with Crippen LogP contribution in [0.15, 0.2) is 33.2 Å². The van der Waals surface area contributed by atoms with E-state index >= 15 is 0 Å². The van der Waals surface area contributed by atoms with Gasteiger partial charge in [-0.25, -0.2) is 0 Å². The summed E-state index contributed by atoms with van der Waals surface area (Å²) in [6.45, 7) is 2.07. The molecule has 0 saturated carbocycles. The number of Topliss-reactive ketones (excluding diaryl/α,β-unsaturated/α-hetero) is 1. The van der Waals surface area contributed by atoms with E-state index in [-0.39, 0.29) is 5.78 Å². The zero-order chi connectivity index (χ0) is 11.5. The first kappa shape index (κ1) is 11.4. The normalized spacial score (nSPS) is 10.9. The molecule has 0 aliphatic heterocycles. The van der Waals surface area contributed by atoms with Crippen LogP contribution in [0.25, 0.3) is 11.0 Å². The minimum absolute atomic E-state index is 0.0879. The van der Waals surface area contributed by atoms with Gasteiger partial charge in [0.2, 0.25) is 0 Å². The first-order valence-electron chi connectivity index (χ1n) is 5.43. The fourth-order valence-corrected chi connectivity index (χ4v) is 2.09. The molecule has 0 spiro atoms. The van der Waals surface area contributed by atoms with E-state index in [1.807, 2.05) is 24.3 Å². The number of carbonyl (C=O) groups excluding carboxylic acids is 1. The first-order chi connectivity index (χ1) is 7.72. The molecule has 1 aromatic carbocycles. The van der Waals surface area contributed by atoms with Crippen LogP contribution in [-0.2, 0) is 0 Å². The van der Waals surface area contributed by atoms with Gasteiger partial charge < -0.3 is 4.42 Å². The van der Waals surface area contributed by atoms with Crippen LogP contribution in [0.2, 0.25) is 0 Å². The Labute approximate surface area is 103 Å². The molecule has 2 aromatic rings. The largest absolute Gasteiger partial charge is 0.452 e. The van der Waals surface area contributed by atoms with E-state index < -0.39 is 0 Å². The lowest BCUT2D eigenvalue weighted by Gasteiger charge is -1.94. The van der Waals surface area contributed by atoms with Crippen molar-refractivity contribution in [2.75, 3.05) is 0 Å². The summed E-state index contributed by atoms with van der Waals surface area (Å²) in [6.07, 6.45) is 2.50. The van der Waals surface area contributed by atoms with Gasteiger partial charge in [0.1, 0.15) is 5.58 Å². The predicted octanol–water partition coefficient (Wildman–Crippen LogP) is 4.57. The molecule has 0 aliphatic carbocycles. The zero-order valence-electron chi connectivity index (χ0n) is 9.13. The van der Waals surface area contributed by atoms with Gasteiger partial charge >= 0.3 is 0 Å². The standard InChI is InChI=1S/C13H13BrO2/c1-2-3-7-11(15)12-8-9-5-4-6-10(14)13(9)16-12/h4-6,8H,2-3,7H2,1H3. The Morgan fingerprint density at radius 2 is 2.25 bits per heavy atom. The summed E-state index contributed by atoms with van der Waals surface area (Å²) in [5.41, 5.74) is 0.752. The van der Waals surface area contributed by atoms with Gasteiger partial charge in [-0.05, 0) is 34.5 Å². The van der Waals surface area contributed by atoms with Crippen molar-refractivity contribution in [1.82, 2.24) is 0 Å². The monoisotopic (exact) mass is 280 g/mol. The van der Waals surface area contributed by atoms with Crippen molar-refractivity contribution in [1.29, 1.82) is 0 Å². The Hall–Kier alpha value is -1.09. The Kier molecular flexibility index (Phi) is 3.44. The lowest BCUT2D eigenvalue weighted by molar-refractivity contribution is 0.0955. The van der Waals surface area contributed by atoms with Gasteiger partial charge in [-0.15, -0.1) is 0 Å². The van der Waals surface area contributed by atoms with Crippen molar-refractivity contribution in [3.05, 3.63) is 34.5 Å². The summed E-state index contributed by atoms with van der Waals surface area (Å²) in [6, 6.07) is 7.60. The molecule has 1 heterocycles. The fourth-order valence-electron chi connectivity index (χ4n) is 1.63. The van der Waals surface area contributed by atoms with Crippen LogP contribution in [-0.4, -0.2) is 5.78 Å². The molecule has 2 rings (SSSR count). The summed E-state index contributed by atoms with van der Waals surface area (Å²) in [7, 11) is 0. The number of ketones is 1. The number of rotatable bonds is 4. The Bertz CT molecular complexity index is 514. The Balaban J connectivity index is 2.32. The van der Waals surface area contributed by atoms with Crippen molar-refractivity contribution < 1.29 is 9.21 Å². The van der Waals surface area contributed by atoms with Gasteiger partial charge in [-0.2, -0.15) is 0 Å². The minimum Gasteiger partial charge on any atom is -0.452 e. The third-order valence-corrected chi connectivity index (χ3v) is 3.15. The molecule has 0 radical (unpaired) electrons. The molecule has 3 heteroatoms. The maximum Gasteiger partial charge on any atom is 0.198 e. The molecule has 0 N–H and O–H groups in total. The highest BCUT2D eigenvalue weighted by atomic mass is 79.9. The number of halogens is 1. The summed E-state index contributed by atoms with van der Waals surface area (Å²) < 4.78 is 6.45. The number of fused-ring (bicyclic) bond motifs is 1. The van der Waals surface area contributed by atoms with Crippen LogP contribution in [0.4, 0.5) is 0 Å². The van der Waals surface area contributed by atoms with E-state index in [1.54, 1.807) is 0 Å². The van der Waals surface area contributed by atoms with Gasteiger partial charge in [0.15, 0.2) is 11.5 Å². The maximum absolute atomic E-state index is 11.8. The fraction of sp³-hybridized carbons (Fsp3) is 0.308. The number of furan rings is 1. The molecule has 84 valence electrons. The number of hydrogen-bond acceptors (Lipinski definition) is 2. The molecule has 16 heavy (non-hydrogen) atoms. The summed E-state index contributed by atoms with van der Waals surface area (Å²) >= 11 is 3.41. The van der Waals surface area contributed by atoms with E-state index in [1.165, 1.54) is 0 Å². The third-order valence-electron chi connectivity index (χ3n) is 2.53. The molecule has 0 aliphatic rings. The van der Waals surface area contributed by atoms with Crippen molar-refractivity contribution >= 4 is 32.7 Å². The first-order valence-corrected chi connectivity index (χ1v) is 6.23. The molecule has 0 bridgehead atoms. The summed E-state index contributed by atoms with van der Waals surface area (Å²) in [5, 5.41) is 0.967. The zero-order valence-corrected chi connectivity index (χ0v) is 10.7. The Morgan fingerprint density at radius 1 is 1.44 bits per heavy atom. The molecule has 0 fully saturated rings. The smallest absolute Gasteiger partial charge is 0.198 e. The van der Waals surface area contributed by atoms with E-state index in [9.17, 15) is 4.79 Å². The van der Waals surface area contributed by atoms with Crippen LogP contribution in [0.5, 0.6) is 0 Å². The van der Waals surface area contributed by atoms with Crippen LogP contribution < -0.4 is 0 Å². The molecular weight excluding hydrogens is 268 g/mol. The van der Waals surface area contributed by atoms with Crippen LogP contribution in [0.1, 0.15) is 36.7 Å². The van der Waals surface area contributed by atoms with Crippen LogP contribution in [0, 0.1) is 0 Å². The quantitative estimate of drug-likeness (QED) is 0.768. The van der Waals surface area contributed by atoms with E-state index in [2.05, 4.69) is 22.9 Å². The van der Waals surface area contributed by atoms with Gasteiger partial charge in [-0.1, -0.05) is 25.5 Å². The highest BCUT2D eigenvalue weighted by molar-refractivity contribution is 9.10. The molecule has 2 nitrogen and oxygen atoms in total. The van der Waals surface area contributed by atoms with E-state index in [0.717, 1.165) is 28.3 Å². The van der Waals surface area contributed by atoms with Crippen molar-refractivity contribution in [3.8, 4) is 0 Å². The van der Waals surface area contributed by atoms with Crippen LogP contribution >= 0.6 is 15.9 Å². The highest BCUT2D eigenvalue weighted by Gasteiger charge is 2.12. The Morgan fingerprint density at radius 3 is 2.94 bits per heavy atom. The van der Waals surface area contributed by atoms with Gasteiger partial charge in [0.25, 0.3) is 0 Å². The number of benzene rings is 1. The average Bonchev–Trinajstić information content (AvgIpc) is 2.71. The second-order valence-electron chi connectivity index (χ2n) is 3.80. The van der Waals surface area contributed by atoms with Crippen LogP contribution in [0.3, 0.4) is 0 Å². The average molecular weight is 281 g/mol. The maximum atomic E-state index is 11.8. The lowest BCUT2D eigenvalue weighted by atomic mass is 10.1. The van der Waals surface area contributed by atoms with Crippen molar-refractivity contribution in [2.24, 2.45) is 0 Å². The SMILES string of the molecule is CCCCC(=O)c1cc2cccc(Br)c2o1. The second kappa shape index (κ2) is 4.83. The van der Waals surface area contributed by atoms with Gasteiger partial charge in [-0.3, -0.25) is 4.79 Å². The summed E-state index contributed by atoms with van der Waals surface area (Å²) in [5.74, 6) is 0.556. The molecule has 1 aromatic heterocycles. The van der Waals surface area contributed by atoms with E-state index in [0.29, 0.717) is 12.2 Å². The van der Waals surface area contributed by atoms with Gasteiger partial charge in [0.05, 0.1) is 4.47 Å². The second-order valence-corrected chi connectivity index (χ2v) is 4.65. The number of unbranched alkanes of at least 4 members (excludes halogenated alkanes) is 1. The minimum atomic E-state index is 0.0879. The predicted molar refractivity (Wildman–Crippen MR) is 67.8 cm³/mol.